The fraction of sp³-hybridized carbons (Fsp3) is 0.188. The van der Waals surface area contributed by atoms with Crippen LogP contribution >= 0.6 is 34.3 Å². The number of halogens is 1. The number of anilines is 1. The van der Waals surface area contributed by atoms with Crippen LogP contribution in [0.2, 0.25) is 5.02 Å². The molecule has 4 nitrogen and oxygen atoms in total. The van der Waals surface area contributed by atoms with E-state index in [9.17, 15) is 8.42 Å². The minimum Gasteiger partial charge on any atom is -0.255 e. The van der Waals surface area contributed by atoms with Crippen LogP contribution in [-0.2, 0) is 22.9 Å². The zero-order chi connectivity index (χ0) is 16.9. The summed E-state index contributed by atoms with van der Waals surface area (Å²) in [6, 6.07) is 6.91. The summed E-state index contributed by atoms with van der Waals surface area (Å²) in [6.07, 6.45) is 1.89. The Balaban J connectivity index is 1.71. The number of thiophene rings is 1. The Kier molecular flexibility index (Phi) is 3.91. The van der Waals surface area contributed by atoms with Crippen molar-refractivity contribution < 1.29 is 8.42 Å². The second kappa shape index (κ2) is 5.84. The Morgan fingerprint density at radius 1 is 1.21 bits per heavy atom. The van der Waals surface area contributed by atoms with Gasteiger partial charge in [-0.2, -0.15) is 0 Å². The first-order chi connectivity index (χ1) is 11.5. The monoisotopic (exact) mass is 396 g/mol. The molecule has 0 saturated heterocycles. The molecule has 1 N–H and O–H groups in total. The van der Waals surface area contributed by atoms with Crippen molar-refractivity contribution in [2.24, 2.45) is 0 Å². The van der Waals surface area contributed by atoms with Crippen molar-refractivity contribution >= 4 is 49.4 Å². The normalized spacial score (nSPS) is 13.4. The molecule has 0 bridgehead atoms. The SMILES string of the molecule is Cc1c(Cl)cccc1S(=O)(=O)Nc1nc2c(s1)CCc1sccc1-2. The molecule has 24 heavy (non-hydrogen) atoms. The Morgan fingerprint density at radius 3 is 2.83 bits per heavy atom. The summed E-state index contributed by atoms with van der Waals surface area (Å²) in [7, 11) is -3.71. The number of hydrogen-bond acceptors (Lipinski definition) is 5. The van der Waals surface area contributed by atoms with Gasteiger partial charge in [0.05, 0.1) is 10.6 Å². The van der Waals surface area contributed by atoms with Gasteiger partial charge in [-0.05, 0) is 48.9 Å². The summed E-state index contributed by atoms with van der Waals surface area (Å²) in [5, 5.41) is 2.89. The molecular weight excluding hydrogens is 384 g/mol. The Morgan fingerprint density at radius 2 is 2.00 bits per heavy atom. The lowest BCUT2D eigenvalue weighted by atomic mass is 10.0. The smallest absolute Gasteiger partial charge is 0.255 e. The zero-order valence-corrected chi connectivity index (χ0v) is 15.9. The molecule has 2 aromatic heterocycles. The van der Waals surface area contributed by atoms with E-state index in [0.717, 1.165) is 29.0 Å². The van der Waals surface area contributed by atoms with E-state index in [4.69, 9.17) is 11.6 Å². The van der Waals surface area contributed by atoms with Gasteiger partial charge in [-0.15, -0.1) is 22.7 Å². The van der Waals surface area contributed by atoms with E-state index in [-0.39, 0.29) is 4.90 Å². The molecule has 0 spiro atoms. The van der Waals surface area contributed by atoms with Crippen LogP contribution < -0.4 is 4.72 Å². The largest absolute Gasteiger partial charge is 0.263 e. The predicted octanol–water partition coefficient (Wildman–Crippen LogP) is 4.73. The third-order valence-corrected chi connectivity index (χ3v) is 8.04. The molecule has 3 aromatic rings. The highest BCUT2D eigenvalue weighted by Crippen LogP contribution is 2.40. The van der Waals surface area contributed by atoms with Gasteiger partial charge in [0.15, 0.2) is 5.13 Å². The number of nitrogens with zero attached hydrogens (tertiary/aromatic N) is 1. The number of aryl methyl sites for hydroxylation is 2. The predicted molar refractivity (Wildman–Crippen MR) is 99.8 cm³/mol. The molecule has 1 aliphatic carbocycles. The minimum absolute atomic E-state index is 0.180. The maximum absolute atomic E-state index is 12.7. The lowest BCUT2D eigenvalue weighted by Crippen LogP contribution is -2.14. The molecule has 0 aliphatic heterocycles. The maximum Gasteiger partial charge on any atom is 0.263 e. The van der Waals surface area contributed by atoms with Crippen LogP contribution in [0.25, 0.3) is 11.3 Å². The van der Waals surface area contributed by atoms with E-state index >= 15 is 0 Å². The van der Waals surface area contributed by atoms with Crippen LogP contribution in [0, 0.1) is 6.92 Å². The number of rotatable bonds is 3. The van der Waals surface area contributed by atoms with Gasteiger partial charge in [-0.3, -0.25) is 4.72 Å². The van der Waals surface area contributed by atoms with Crippen LogP contribution in [0.1, 0.15) is 15.3 Å². The fourth-order valence-electron chi connectivity index (χ4n) is 2.80. The van der Waals surface area contributed by atoms with Crippen LogP contribution in [0.3, 0.4) is 0 Å². The Bertz CT molecular complexity index is 1040. The number of sulfonamides is 1. The van der Waals surface area contributed by atoms with Crippen molar-refractivity contribution in [3.8, 4) is 11.3 Å². The number of nitrogens with one attached hydrogen (secondary N) is 1. The van der Waals surface area contributed by atoms with Gasteiger partial charge in [0.1, 0.15) is 0 Å². The standard InChI is InChI=1S/C16H13ClN2O2S3/c1-9-11(17)3-2-4-14(9)24(20,21)19-16-18-15-10-7-8-22-12(10)5-6-13(15)23-16/h2-4,7-8H,5-6H2,1H3,(H,18,19). The van der Waals surface area contributed by atoms with Gasteiger partial charge in [0, 0.05) is 20.3 Å². The Labute approximate surface area is 153 Å². The number of fused-ring (bicyclic) bond motifs is 3. The number of benzene rings is 1. The van der Waals surface area contributed by atoms with Gasteiger partial charge in [-0.1, -0.05) is 17.7 Å². The summed E-state index contributed by atoms with van der Waals surface area (Å²) in [5.41, 5.74) is 2.57. The molecule has 1 aliphatic rings. The van der Waals surface area contributed by atoms with E-state index in [1.165, 1.54) is 16.2 Å². The van der Waals surface area contributed by atoms with Gasteiger partial charge < -0.3 is 0 Å². The van der Waals surface area contributed by atoms with E-state index in [1.54, 1.807) is 36.5 Å². The van der Waals surface area contributed by atoms with Crippen LogP contribution in [-0.4, -0.2) is 13.4 Å². The third-order valence-electron chi connectivity index (χ3n) is 4.01. The lowest BCUT2D eigenvalue weighted by molar-refractivity contribution is 0.600. The van der Waals surface area contributed by atoms with Crippen LogP contribution in [0.15, 0.2) is 34.5 Å². The van der Waals surface area contributed by atoms with Crippen LogP contribution in [0.4, 0.5) is 5.13 Å². The topological polar surface area (TPSA) is 59.1 Å². The van der Waals surface area contributed by atoms with Gasteiger partial charge in [-0.25, -0.2) is 13.4 Å². The molecule has 4 rings (SSSR count). The lowest BCUT2D eigenvalue weighted by Gasteiger charge is -2.09. The highest BCUT2D eigenvalue weighted by atomic mass is 35.5. The molecule has 1 aromatic carbocycles. The minimum atomic E-state index is -3.71. The average molecular weight is 397 g/mol. The summed E-state index contributed by atoms with van der Waals surface area (Å²) in [6.45, 7) is 1.70. The second-order valence-corrected chi connectivity index (χ2v) is 9.66. The summed E-state index contributed by atoms with van der Waals surface area (Å²) in [5.74, 6) is 0. The van der Waals surface area contributed by atoms with Crippen molar-refractivity contribution in [3.05, 3.63) is 50.0 Å². The quantitative estimate of drug-likeness (QED) is 0.696. The fourth-order valence-corrected chi connectivity index (χ4v) is 6.39. The molecule has 0 atom stereocenters. The van der Waals surface area contributed by atoms with Gasteiger partial charge in [0.25, 0.3) is 10.0 Å². The van der Waals surface area contributed by atoms with E-state index < -0.39 is 10.0 Å². The molecule has 0 radical (unpaired) electrons. The first-order valence-electron chi connectivity index (χ1n) is 7.30. The molecule has 0 fully saturated rings. The van der Waals surface area contributed by atoms with Gasteiger partial charge in [0.2, 0.25) is 0 Å². The average Bonchev–Trinajstić information content (AvgIpc) is 3.14. The first kappa shape index (κ1) is 16.1. The van der Waals surface area contributed by atoms with E-state index in [2.05, 4.69) is 21.2 Å². The highest BCUT2D eigenvalue weighted by Gasteiger charge is 2.25. The number of aromatic nitrogens is 1. The molecular formula is C16H13ClN2O2S3. The van der Waals surface area contributed by atoms with Crippen molar-refractivity contribution in [1.29, 1.82) is 0 Å². The summed E-state index contributed by atoms with van der Waals surface area (Å²) in [4.78, 5) is 7.15. The molecule has 0 unspecified atom stereocenters. The third kappa shape index (κ3) is 2.65. The summed E-state index contributed by atoms with van der Waals surface area (Å²) >= 11 is 9.17. The maximum atomic E-state index is 12.7. The van der Waals surface area contributed by atoms with Crippen LogP contribution in [0.5, 0.6) is 0 Å². The Hall–Kier alpha value is -1.41. The molecule has 2 heterocycles. The van der Waals surface area contributed by atoms with E-state index in [0.29, 0.717) is 15.7 Å². The van der Waals surface area contributed by atoms with Crippen molar-refractivity contribution in [2.45, 2.75) is 24.7 Å². The molecule has 0 amide bonds. The molecule has 124 valence electrons. The van der Waals surface area contributed by atoms with Gasteiger partial charge >= 0.3 is 0 Å². The first-order valence-corrected chi connectivity index (χ1v) is 10.9. The zero-order valence-electron chi connectivity index (χ0n) is 12.7. The summed E-state index contributed by atoms with van der Waals surface area (Å²) < 4.78 is 28.0. The van der Waals surface area contributed by atoms with Crippen molar-refractivity contribution in [1.82, 2.24) is 4.98 Å². The number of hydrogen-bond donors (Lipinski definition) is 1. The van der Waals surface area contributed by atoms with Crippen molar-refractivity contribution in [2.75, 3.05) is 4.72 Å². The second-order valence-electron chi connectivity index (χ2n) is 5.52. The highest BCUT2D eigenvalue weighted by molar-refractivity contribution is 7.93. The van der Waals surface area contributed by atoms with Crippen molar-refractivity contribution in [3.63, 3.8) is 0 Å². The molecule has 8 heteroatoms. The van der Waals surface area contributed by atoms with E-state index in [1.807, 2.05) is 0 Å². The molecule has 0 saturated carbocycles. The number of thiazole rings is 1.